The molecule has 1 N–H and O–H groups in total. The first-order chi connectivity index (χ1) is 9.63. The van der Waals surface area contributed by atoms with Gasteiger partial charge in [0.25, 0.3) is 0 Å². The smallest absolute Gasteiger partial charge is 0.219 e. The largest absolute Gasteiger partial charge is 0.497 e. The van der Waals surface area contributed by atoms with Crippen molar-refractivity contribution in [1.29, 1.82) is 0 Å². The second kappa shape index (κ2) is 6.72. The zero-order valence-electron chi connectivity index (χ0n) is 11.7. The SMILES string of the molecule is CNC(C)c1ccc(Oc2ccc(OC)cc2Br)nc1. The molecule has 0 aliphatic heterocycles. The molecule has 20 heavy (non-hydrogen) atoms. The minimum absolute atomic E-state index is 0.268. The molecule has 1 heterocycles. The summed E-state index contributed by atoms with van der Waals surface area (Å²) in [6, 6.07) is 9.67. The van der Waals surface area contributed by atoms with Crippen molar-refractivity contribution in [2.75, 3.05) is 14.2 Å². The lowest BCUT2D eigenvalue weighted by Crippen LogP contribution is -2.12. The lowest BCUT2D eigenvalue weighted by molar-refractivity contribution is 0.411. The molecule has 0 bridgehead atoms. The van der Waals surface area contributed by atoms with Gasteiger partial charge in [0.15, 0.2) is 0 Å². The molecule has 1 atom stereocenters. The highest BCUT2D eigenvalue weighted by molar-refractivity contribution is 9.10. The molecule has 0 aliphatic rings. The Morgan fingerprint density at radius 2 is 2.05 bits per heavy atom. The molecular weight excluding hydrogens is 320 g/mol. The van der Waals surface area contributed by atoms with Crippen LogP contribution in [0, 0.1) is 0 Å². The van der Waals surface area contributed by atoms with Gasteiger partial charge in [-0.25, -0.2) is 4.98 Å². The minimum Gasteiger partial charge on any atom is -0.497 e. The van der Waals surface area contributed by atoms with Crippen molar-refractivity contribution < 1.29 is 9.47 Å². The number of halogens is 1. The van der Waals surface area contributed by atoms with Crippen LogP contribution in [0.3, 0.4) is 0 Å². The highest BCUT2D eigenvalue weighted by atomic mass is 79.9. The quantitative estimate of drug-likeness (QED) is 0.898. The van der Waals surface area contributed by atoms with E-state index in [1.807, 2.05) is 43.6 Å². The average molecular weight is 337 g/mol. The lowest BCUT2D eigenvalue weighted by atomic mass is 10.1. The number of pyridine rings is 1. The molecule has 0 amide bonds. The standard InChI is InChI=1S/C15H17BrN2O2/c1-10(17-2)11-4-7-15(18-9-11)20-14-6-5-12(19-3)8-13(14)16/h4-10,17H,1-3H3. The molecule has 2 aromatic rings. The van der Waals surface area contributed by atoms with Crippen molar-refractivity contribution in [2.24, 2.45) is 0 Å². The van der Waals surface area contributed by atoms with Crippen LogP contribution in [0.5, 0.6) is 17.4 Å². The van der Waals surface area contributed by atoms with E-state index in [0.29, 0.717) is 11.6 Å². The number of nitrogens with one attached hydrogen (secondary N) is 1. The molecule has 5 heteroatoms. The fourth-order valence-corrected chi connectivity index (χ4v) is 2.12. The number of rotatable bonds is 5. The summed E-state index contributed by atoms with van der Waals surface area (Å²) in [6.45, 7) is 2.08. The van der Waals surface area contributed by atoms with Crippen LogP contribution < -0.4 is 14.8 Å². The number of ether oxygens (including phenoxy) is 2. The third kappa shape index (κ3) is 3.49. The molecule has 1 aromatic carbocycles. The molecule has 2 rings (SSSR count). The van der Waals surface area contributed by atoms with Crippen molar-refractivity contribution in [3.8, 4) is 17.4 Å². The van der Waals surface area contributed by atoms with Crippen LogP contribution in [0.2, 0.25) is 0 Å². The van der Waals surface area contributed by atoms with Gasteiger partial charge in [-0.2, -0.15) is 0 Å². The Morgan fingerprint density at radius 3 is 2.60 bits per heavy atom. The van der Waals surface area contributed by atoms with Crippen LogP contribution in [0.4, 0.5) is 0 Å². The summed E-state index contributed by atoms with van der Waals surface area (Å²) in [6.07, 6.45) is 1.81. The fourth-order valence-electron chi connectivity index (χ4n) is 1.68. The summed E-state index contributed by atoms with van der Waals surface area (Å²) in [5.41, 5.74) is 1.12. The molecule has 1 unspecified atom stereocenters. The van der Waals surface area contributed by atoms with Gasteiger partial charge < -0.3 is 14.8 Å². The average Bonchev–Trinajstić information content (AvgIpc) is 2.49. The summed E-state index contributed by atoms with van der Waals surface area (Å²) >= 11 is 3.45. The zero-order valence-corrected chi connectivity index (χ0v) is 13.3. The van der Waals surface area contributed by atoms with Gasteiger partial charge in [-0.05, 0) is 53.7 Å². The van der Waals surface area contributed by atoms with E-state index in [0.717, 1.165) is 15.8 Å². The van der Waals surface area contributed by atoms with Gasteiger partial charge in [-0.1, -0.05) is 6.07 Å². The van der Waals surface area contributed by atoms with Gasteiger partial charge in [0.1, 0.15) is 11.5 Å². The van der Waals surface area contributed by atoms with Gasteiger partial charge in [-0.15, -0.1) is 0 Å². The molecule has 0 saturated heterocycles. The van der Waals surface area contributed by atoms with Crippen LogP contribution in [0.15, 0.2) is 41.0 Å². The van der Waals surface area contributed by atoms with Crippen molar-refractivity contribution >= 4 is 15.9 Å². The molecule has 1 aromatic heterocycles. The third-order valence-electron chi connectivity index (χ3n) is 3.05. The predicted molar refractivity (Wildman–Crippen MR) is 82.5 cm³/mol. The Hall–Kier alpha value is -1.59. The summed E-state index contributed by atoms with van der Waals surface area (Å²) < 4.78 is 11.7. The summed E-state index contributed by atoms with van der Waals surface area (Å²) in [5.74, 6) is 2.03. The summed E-state index contributed by atoms with van der Waals surface area (Å²) in [5, 5.41) is 3.17. The number of hydrogen-bond acceptors (Lipinski definition) is 4. The highest BCUT2D eigenvalue weighted by Gasteiger charge is 2.07. The van der Waals surface area contributed by atoms with Crippen LogP contribution in [-0.2, 0) is 0 Å². The monoisotopic (exact) mass is 336 g/mol. The Bertz CT molecular complexity index is 573. The molecule has 0 radical (unpaired) electrons. The summed E-state index contributed by atoms with van der Waals surface area (Å²) in [7, 11) is 3.55. The second-order valence-electron chi connectivity index (χ2n) is 4.34. The first-order valence-corrected chi connectivity index (χ1v) is 7.08. The first-order valence-electron chi connectivity index (χ1n) is 6.28. The molecule has 4 nitrogen and oxygen atoms in total. The normalized spacial score (nSPS) is 12.0. The van der Waals surface area contributed by atoms with E-state index >= 15 is 0 Å². The fraction of sp³-hybridized carbons (Fsp3) is 0.267. The molecule has 0 saturated carbocycles. The van der Waals surface area contributed by atoms with Crippen LogP contribution >= 0.6 is 15.9 Å². The van der Waals surface area contributed by atoms with E-state index in [2.05, 4.69) is 33.2 Å². The molecular formula is C15H17BrN2O2. The Balaban J connectivity index is 2.14. The maximum absolute atomic E-state index is 5.74. The van der Waals surface area contributed by atoms with E-state index in [1.54, 1.807) is 7.11 Å². The van der Waals surface area contributed by atoms with Gasteiger partial charge in [0.2, 0.25) is 5.88 Å². The van der Waals surface area contributed by atoms with E-state index < -0.39 is 0 Å². The van der Waals surface area contributed by atoms with Gasteiger partial charge >= 0.3 is 0 Å². The van der Waals surface area contributed by atoms with Crippen molar-refractivity contribution in [1.82, 2.24) is 10.3 Å². The molecule has 0 fully saturated rings. The number of aromatic nitrogens is 1. The van der Waals surface area contributed by atoms with E-state index in [-0.39, 0.29) is 6.04 Å². The predicted octanol–water partition coefficient (Wildman–Crippen LogP) is 3.93. The van der Waals surface area contributed by atoms with E-state index in [9.17, 15) is 0 Å². The first kappa shape index (κ1) is 14.8. The zero-order chi connectivity index (χ0) is 14.5. The molecule has 106 valence electrons. The number of hydrogen-bond donors (Lipinski definition) is 1. The van der Waals surface area contributed by atoms with E-state index in [1.165, 1.54) is 0 Å². The van der Waals surface area contributed by atoms with Gasteiger partial charge in [-0.3, -0.25) is 0 Å². The highest BCUT2D eigenvalue weighted by Crippen LogP contribution is 2.32. The van der Waals surface area contributed by atoms with Crippen LogP contribution in [0.1, 0.15) is 18.5 Å². The van der Waals surface area contributed by atoms with Crippen LogP contribution in [-0.4, -0.2) is 19.1 Å². The number of methoxy groups -OCH3 is 1. The van der Waals surface area contributed by atoms with Gasteiger partial charge in [0, 0.05) is 18.3 Å². The summed E-state index contributed by atoms with van der Waals surface area (Å²) in [4.78, 5) is 4.31. The van der Waals surface area contributed by atoms with Crippen molar-refractivity contribution in [3.05, 3.63) is 46.6 Å². The van der Waals surface area contributed by atoms with Crippen molar-refractivity contribution in [2.45, 2.75) is 13.0 Å². The second-order valence-corrected chi connectivity index (χ2v) is 5.19. The Kier molecular flexibility index (Phi) is 4.98. The molecule has 0 spiro atoms. The lowest BCUT2D eigenvalue weighted by Gasteiger charge is -2.11. The third-order valence-corrected chi connectivity index (χ3v) is 3.67. The maximum Gasteiger partial charge on any atom is 0.219 e. The number of nitrogens with zero attached hydrogens (tertiary/aromatic N) is 1. The maximum atomic E-state index is 5.74. The minimum atomic E-state index is 0.268. The van der Waals surface area contributed by atoms with Gasteiger partial charge in [0.05, 0.1) is 11.6 Å². The topological polar surface area (TPSA) is 43.4 Å². The number of benzene rings is 1. The Labute approximate surface area is 127 Å². The van der Waals surface area contributed by atoms with Crippen LogP contribution in [0.25, 0.3) is 0 Å². The molecule has 0 aliphatic carbocycles. The van der Waals surface area contributed by atoms with Crippen molar-refractivity contribution in [3.63, 3.8) is 0 Å². The van der Waals surface area contributed by atoms with E-state index in [4.69, 9.17) is 9.47 Å². The Morgan fingerprint density at radius 1 is 1.25 bits per heavy atom.